The van der Waals surface area contributed by atoms with Crippen molar-refractivity contribution in [2.24, 2.45) is 0 Å². The number of halogens is 1. The van der Waals surface area contributed by atoms with Gasteiger partial charge in [0.15, 0.2) is 0 Å². The molecule has 1 aromatic heterocycles. The van der Waals surface area contributed by atoms with Crippen LogP contribution in [0.5, 0.6) is 0 Å². The number of hydrogen-bond donors (Lipinski definition) is 1. The summed E-state index contributed by atoms with van der Waals surface area (Å²) in [6, 6.07) is 3.04. The van der Waals surface area contributed by atoms with Gasteiger partial charge in [-0.05, 0) is 26.0 Å². The highest BCUT2D eigenvalue weighted by atomic mass is 32.2. The summed E-state index contributed by atoms with van der Waals surface area (Å²) in [7, 11) is 0. The van der Waals surface area contributed by atoms with Gasteiger partial charge < -0.3 is 4.55 Å². The molecule has 5 heteroatoms. The second-order valence-corrected chi connectivity index (χ2v) is 5.82. The SMILES string of the molecule is CC(CN[S+]([O-])C(C)C)c1ccc(F)cn1. The van der Waals surface area contributed by atoms with Crippen molar-refractivity contribution in [1.29, 1.82) is 0 Å². The first-order chi connectivity index (χ1) is 7.50. The molecule has 0 aliphatic heterocycles. The predicted molar refractivity (Wildman–Crippen MR) is 63.9 cm³/mol. The van der Waals surface area contributed by atoms with Crippen molar-refractivity contribution >= 4 is 11.4 Å². The lowest BCUT2D eigenvalue weighted by atomic mass is 10.1. The van der Waals surface area contributed by atoms with Gasteiger partial charge >= 0.3 is 0 Å². The number of rotatable bonds is 5. The fourth-order valence-electron chi connectivity index (χ4n) is 1.16. The summed E-state index contributed by atoms with van der Waals surface area (Å²) in [4.78, 5) is 3.99. The van der Waals surface area contributed by atoms with Gasteiger partial charge in [0, 0.05) is 29.5 Å². The average Bonchev–Trinajstić information content (AvgIpc) is 2.26. The molecule has 0 radical (unpaired) electrons. The number of pyridine rings is 1. The number of hydrogen-bond acceptors (Lipinski definition) is 3. The van der Waals surface area contributed by atoms with Gasteiger partial charge in [-0.15, -0.1) is 4.72 Å². The summed E-state index contributed by atoms with van der Waals surface area (Å²) in [5, 5.41) is 0.0911. The van der Waals surface area contributed by atoms with Crippen LogP contribution in [0.2, 0.25) is 0 Å². The van der Waals surface area contributed by atoms with Crippen LogP contribution >= 0.6 is 0 Å². The number of aromatic nitrogens is 1. The van der Waals surface area contributed by atoms with Gasteiger partial charge in [0.1, 0.15) is 11.1 Å². The molecule has 0 saturated carbocycles. The van der Waals surface area contributed by atoms with Gasteiger partial charge in [0.05, 0.1) is 6.20 Å². The third-order valence-electron chi connectivity index (χ3n) is 2.22. The van der Waals surface area contributed by atoms with E-state index in [0.29, 0.717) is 6.54 Å². The summed E-state index contributed by atoms with van der Waals surface area (Å²) in [5.41, 5.74) is 0.801. The van der Waals surface area contributed by atoms with Crippen molar-refractivity contribution < 1.29 is 8.94 Å². The Morgan fingerprint density at radius 2 is 2.12 bits per heavy atom. The Morgan fingerprint density at radius 1 is 1.44 bits per heavy atom. The average molecular weight is 244 g/mol. The van der Waals surface area contributed by atoms with E-state index in [0.717, 1.165) is 5.69 Å². The quantitative estimate of drug-likeness (QED) is 0.806. The van der Waals surface area contributed by atoms with E-state index in [-0.39, 0.29) is 17.0 Å². The van der Waals surface area contributed by atoms with E-state index in [1.54, 1.807) is 6.07 Å². The molecule has 1 heterocycles. The molecule has 0 fully saturated rings. The van der Waals surface area contributed by atoms with Crippen molar-refractivity contribution in [3.8, 4) is 0 Å². The van der Waals surface area contributed by atoms with Crippen LogP contribution in [-0.2, 0) is 11.4 Å². The molecule has 90 valence electrons. The van der Waals surface area contributed by atoms with E-state index >= 15 is 0 Å². The minimum Gasteiger partial charge on any atom is -0.598 e. The van der Waals surface area contributed by atoms with Crippen molar-refractivity contribution in [2.75, 3.05) is 6.54 Å². The predicted octanol–water partition coefficient (Wildman–Crippen LogP) is 1.99. The van der Waals surface area contributed by atoms with E-state index in [1.165, 1.54) is 12.3 Å². The minimum atomic E-state index is -1.02. The maximum Gasteiger partial charge on any atom is 0.141 e. The molecule has 2 atom stereocenters. The second kappa shape index (κ2) is 6.18. The topological polar surface area (TPSA) is 48.0 Å². The van der Waals surface area contributed by atoms with Gasteiger partial charge in [-0.25, -0.2) is 4.39 Å². The minimum absolute atomic E-state index is 0.0911. The van der Waals surface area contributed by atoms with Crippen molar-refractivity contribution in [3.63, 3.8) is 0 Å². The van der Waals surface area contributed by atoms with Crippen molar-refractivity contribution in [3.05, 3.63) is 29.8 Å². The first kappa shape index (κ1) is 13.4. The van der Waals surface area contributed by atoms with Crippen LogP contribution in [0.4, 0.5) is 4.39 Å². The van der Waals surface area contributed by atoms with E-state index in [2.05, 4.69) is 9.71 Å². The molecular formula is C11H17FN2OS. The highest BCUT2D eigenvalue weighted by Gasteiger charge is 2.14. The van der Waals surface area contributed by atoms with Crippen LogP contribution in [-0.4, -0.2) is 21.3 Å². The molecular weight excluding hydrogens is 227 g/mol. The highest BCUT2D eigenvalue weighted by Crippen LogP contribution is 2.12. The van der Waals surface area contributed by atoms with Crippen molar-refractivity contribution in [1.82, 2.24) is 9.71 Å². The lowest BCUT2D eigenvalue weighted by Gasteiger charge is -2.17. The molecule has 0 aromatic carbocycles. The van der Waals surface area contributed by atoms with Crippen LogP contribution in [0.1, 0.15) is 32.4 Å². The Bertz CT molecular complexity index is 318. The van der Waals surface area contributed by atoms with Crippen LogP contribution < -0.4 is 4.72 Å². The highest BCUT2D eigenvalue weighted by molar-refractivity contribution is 7.90. The molecule has 3 nitrogen and oxygen atoms in total. The molecule has 0 bridgehead atoms. The van der Waals surface area contributed by atoms with Crippen LogP contribution in [0, 0.1) is 5.82 Å². The van der Waals surface area contributed by atoms with E-state index in [9.17, 15) is 8.94 Å². The monoisotopic (exact) mass is 244 g/mol. The molecule has 16 heavy (non-hydrogen) atoms. The molecule has 0 spiro atoms. The molecule has 1 N–H and O–H groups in total. The maximum atomic E-state index is 12.6. The van der Waals surface area contributed by atoms with E-state index in [1.807, 2.05) is 20.8 Å². The zero-order valence-corrected chi connectivity index (χ0v) is 10.6. The molecule has 0 amide bonds. The Hall–Kier alpha value is -0.650. The maximum absolute atomic E-state index is 12.6. The molecule has 1 rings (SSSR count). The summed E-state index contributed by atoms with van der Waals surface area (Å²) in [5.74, 6) is -0.224. The van der Waals surface area contributed by atoms with E-state index < -0.39 is 11.4 Å². The lowest BCUT2D eigenvalue weighted by Crippen LogP contribution is -2.33. The summed E-state index contributed by atoms with van der Waals surface area (Å²) in [6.45, 7) is 6.32. The fraction of sp³-hybridized carbons (Fsp3) is 0.545. The molecule has 0 aliphatic rings. The Morgan fingerprint density at radius 3 is 2.62 bits per heavy atom. The Balaban J connectivity index is 2.46. The Labute approximate surface area is 98.8 Å². The largest absolute Gasteiger partial charge is 0.598 e. The molecule has 1 aromatic rings. The van der Waals surface area contributed by atoms with Crippen LogP contribution in [0.15, 0.2) is 18.3 Å². The number of nitrogens with zero attached hydrogens (tertiary/aromatic N) is 1. The number of nitrogens with one attached hydrogen (secondary N) is 1. The Kier molecular flexibility index (Phi) is 5.18. The van der Waals surface area contributed by atoms with Crippen LogP contribution in [0.25, 0.3) is 0 Å². The lowest BCUT2D eigenvalue weighted by molar-refractivity contribution is 0.563. The third-order valence-corrected chi connectivity index (χ3v) is 3.52. The third kappa shape index (κ3) is 4.08. The second-order valence-electron chi connectivity index (χ2n) is 4.00. The van der Waals surface area contributed by atoms with Gasteiger partial charge in [0.25, 0.3) is 0 Å². The first-order valence-electron chi connectivity index (χ1n) is 5.26. The summed E-state index contributed by atoms with van der Waals surface area (Å²) in [6.07, 6.45) is 1.20. The fourth-order valence-corrected chi connectivity index (χ4v) is 1.90. The van der Waals surface area contributed by atoms with Crippen molar-refractivity contribution in [2.45, 2.75) is 31.9 Å². The normalized spacial score (nSPS) is 15.1. The molecule has 0 saturated heterocycles. The molecule has 0 aliphatic carbocycles. The summed E-state index contributed by atoms with van der Waals surface area (Å²) < 4.78 is 27.0. The van der Waals surface area contributed by atoms with Gasteiger partial charge in [-0.2, -0.15) is 0 Å². The first-order valence-corrected chi connectivity index (χ1v) is 6.47. The van der Waals surface area contributed by atoms with Crippen LogP contribution in [0.3, 0.4) is 0 Å². The van der Waals surface area contributed by atoms with E-state index in [4.69, 9.17) is 0 Å². The van der Waals surface area contributed by atoms with Gasteiger partial charge in [0.2, 0.25) is 0 Å². The van der Waals surface area contributed by atoms with Gasteiger partial charge in [-0.1, -0.05) is 6.92 Å². The smallest absolute Gasteiger partial charge is 0.141 e. The van der Waals surface area contributed by atoms with Gasteiger partial charge in [-0.3, -0.25) is 4.98 Å². The molecule has 2 unspecified atom stereocenters. The summed E-state index contributed by atoms with van der Waals surface area (Å²) >= 11 is -1.02. The zero-order valence-electron chi connectivity index (χ0n) is 9.74. The zero-order chi connectivity index (χ0) is 12.1. The standard InChI is InChI=1S/C11H17FN2OS/c1-8(2)16(15)14-6-9(3)11-5-4-10(12)7-13-11/h4-5,7-9,14H,6H2,1-3H3.